The zero-order valence-corrected chi connectivity index (χ0v) is 15.3. The van der Waals surface area contributed by atoms with Crippen molar-refractivity contribution < 1.29 is 19.0 Å². The fourth-order valence-corrected chi connectivity index (χ4v) is 2.73. The summed E-state index contributed by atoms with van der Waals surface area (Å²) >= 11 is 0. The molecule has 0 unspecified atom stereocenters. The number of nitrogens with one attached hydrogen (secondary N) is 1. The number of benzene rings is 2. The first-order valence-corrected chi connectivity index (χ1v) is 8.17. The fourth-order valence-electron chi connectivity index (χ4n) is 2.73. The molecule has 0 saturated carbocycles. The van der Waals surface area contributed by atoms with Crippen molar-refractivity contribution >= 4 is 5.91 Å². The first kappa shape index (κ1) is 18.6. The number of ether oxygens (including phenoxy) is 3. The van der Waals surface area contributed by atoms with Gasteiger partial charge < -0.3 is 19.5 Å². The molecule has 1 atom stereocenters. The van der Waals surface area contributed by atoms with Crippen molar-refractivity contribution in [1.29, 1.82) is 0 Å². The van der Waals surface area contributed by atoms with E-state index in [1.807, 2.05) is 30.3 Å². The molecule has 2 aromatic rings. The van der Waals surface area contributed by atoms with Gasteiger partial charge in [-0.1, -0.05) is 44.2 Å². The predicted octanol–water partition coefficient (Wildman–Crippen LogP) is 3.84. The van der Waals surface area contributed by atoms with Crippen LogP contribution in [0.5, 0.6) is 17.2 Å². The van der Waals surface area contributed by atoms with Gasteiger partial charge in [-0.25, -0.2) is 0 Å². The number of hydrogen-bond acceptors (Lipinski definition) is 4. The zero-order valence-electron chi connectivity index (χ0n) is 15.3. The maximum absolute atomic E-state index is 12.8. The van der Waals surface area contributed by atoms with E-state index in [0.717, 1.165) is 5.56 Å². The van der Waals surface area contributed by atoms with Crippen molar-refractivity contribution in [3.8, 4) is 17.2 Å². The van der Waals surface area contributed by atoms with Crippen LogP contribution in [-0.4, -0.2) is 27.2 Å². The average molecular weight is 343 g/mol. The Morgan fingerprint density at radius 3 is 1.92 bits per heavy atom. The third kappa shape index (κ3) is 4.24. The molecule has 5 nitrogen and oxygen atoms in total. The second-order valence-electron chi connectivity index (χ2n) is 6.02. The van der Waals surface area contributed by atoms with E-state index >= 15 is 0 Å². The highest BCUT2D eigenvalue weighted by molar-refractivity contribution is 5.96. The van der Waals surface area contributed by atoms with E-state index < -0.39 is 0 Å². The van der Waals surface area contributed by atoms with E-state index in [9.17, 15) is 4.79 Å². The third-order valence-corrected chi connectivity index (χ3v) is 4.04. The molecule has 0 radical (unpaired) electrons. The molecule has 0 fully saturated rings. The second-order valence-corrected chi connectivity index (χ2v) is 6.02. The summed E-state index contributed by atoms with van der Waals surface area (Å²) in [4.78, 5) is 12.8. The van der Waals surface area contributed by atoms with Crippen molar-refractivity contribution in [2.45, 2.75) is 19.9 Å². The molecule has 0 spiro atoms. The van der Waals surface area contributed by atoms with Gasteiger partial charge in [0.25, 0.3) is 5.91 Å². The molecule has 2 aromatic carbocycles. The molecule has 0 aliphatic heterocycles. The van der Waals surface area contributed by atoms with E-state index in [1.54, 1.807) is 12.1 Å². The van der Waals surface area contributed by atoms with Crippen molar-refractivity contribution in [2.24, 2.45) is 5.92 Å². The summed E-state index contributed by atoms with van der Waals surface area (Å²) < 4.78 is 15.9. The van der Waals surface area contributed by atoms with Crippen LogP contribution < -0.4 is 19.5 Å². The highest BCUT2D eigenvalue weighted by Crippen LogP contribution is 2.38. The van der Waals surface area contributed by atoms with Crippen LogP contribution in [0.2, 0.25) is 0 Å². The molecule has 0 aromatic heterocycles. The van der Waals surface area contributed by atoms with Gasteiger partial charge >= 0.3 is 0 Å². The van der Waals surface area contributed by atoms with Crippen LogP contribution in [0.1, 0.15) is 35.8 Å². The largest absolute Gasteiger partial charge is 0.493 e. The van der Waals surface area contributed by atoms with Crippen LogP contribution in [0.15, 0.2) is 42.5 Å². The van der Waals surface area contributed by atoms with E-state index in [-0.39, 0.29) is 17.9 Å². The van der Waals surface area contributed by atoms with Gasteiger partial charge in [-0.15, -0.1) is 0 Å². The highest BCUT2D eigenvalue weighted by Gasteiger charge is 2.21. The molecule has 2 rings (SSSR count). The standard InChI is InChI=1S/C20H25NO4/c1-13(2)18(14-9-7-6-8-10-14)21-20(22)15-11-16(23-3)19(25-5)17(12-15)24-4/h6-13,18H,1-5H3,(H,21,22)/t18-/m0/s1. The quantitative estimate of drug-likeness (QED) is 0.830. The Kier molecular flexibility index (Phi) is 6.28. The lowest BCUT2D eigenvalue weighted by Crippen LogP contribution is -2.31. The van der Waals surface area contributed by atoms with Gasteiger partial charge in [0, 0.05) is 5.56 Å². The molecule has 0 heterocycles. The fraction of sp³-hybridized carbons (Fsp3) is 0.350. The molecule has 0 saturated heterocycles. The molecule has 25 heavy (non-hydrogen) atoms. The second kappa shape index (κ2) is 8.42. The Labute approximate surface area is 148 Å². The maximum atomic E-state index is 12.8. The molecule has 1 N–H and O–H groups in total. The van der Waals surface area contributed by atoms with Crippen molar-refractivity contribution in [1.82, 2.24) is 5.32 Å². The van der Waals surface area contributed by atoms with Gasteiger partial charge in [-0.2, -0.15) is 0 Å². The van der Waals surface area contributed by atoms with Gasteiger partial charge in [-0.3, -0.25) is 4.79 Å². The Bertz CT molecular complexity index is 688. The topological polar surface area (TPSA) is 56.8 Å². The number of carbonyl (C=O) groups excluding carboxylic acids is 1. The minimum absolute atomic E-state index is 0.0900. The van der Waals surface area contributed by atoms with E-state index in [0.29, 0.717) is 22.8 Å². The normalized spacial score (nSPS) is 11.8. The summed E-state index contributed by atoms with van der Waals surface area (Å²) in [5, 5.41) is 3.10. The minimum atomic E-state index is -0.193. The van der Waals surface area contributed by atoms with Crippen molar-refractivity contribution in [3.63, 3.8) is 0 Å². The summed E-state index contributed by atoms with van der Waals surface area (Å²) in [6, 6.07) is 13.1. The molecule has 0 aliphatic carbocycles. The Balaban J connectivity index is 2.33. The zero-order chi connectivity index (χ0) is 18.4. The summed E-state index contributed by atoms with van der Waals surface area (Å²) in [6.07, 6.45) is 0. The SMILES string of the molecule is COc1cc(C(=O)N[C@H](c2ccccc2)C(C)C)cc(OC)c1OC. The molecular formula is C20H25NO4. The highest BCUT2D eigenvalue weighted by atomic mass is 16.5. The first-order chi connectivity index (χ1) is 12.0. The molecule has 1 amide bonds. The third-order valence-electron chi connectivity index (χ3n) is 4.04. The Morgan fingerprint density at radius 1 is 0.920 bits per heavy atom. The Morgan fingerprint density at radius 2 is 1.48 bits per heavy atom. The molecule has 0 aliphatic rings. The molecule has 5 heteroatoms. The number of carbonyl (C=O) groups is 1. The summed E-state index contributed by atoms with van der Waals surface area (Å²) in [5.74, 6) is 1.42. The van der Waals surface area contributed by atoms with Crippen LogP contribution in [0.3, 0.4) is 0 Å². The molecular weight excluding hydrogens is 318 g/mol. The smallest absolute Gasteiger partial charge is 0.252 e. The van der Waals surface area contributed by atoms with Gasteiger partial charge in [0.2, 0.25) is 5.75 Å². The summed E-state index contributed by atoms with van der Waals surface area (Å²) in [7, 11) is 4.59. The Hall–Kier alpha value is -2.69. The van der Waals surface area contributed by atoms with Gasteiger partial charge in [0.1, 0.15) is 0 Å². The number of methoxy groups -OCH3 is 3. The van der Waals surface area contributed by atoms with Gasteiger partial charge in [0.05, 0.1) is 27.4 Å². The molecule has 0 bridgehead atoms. The van der Waals surface area contributed by atoms with Crippen molar-refractivity contribution in [3.05, 3.63) is 53.6 Å². The van der Waals surface area contributed by atoms with Crippen LogP contribution in [0.25, 0.3) is 0 Å². The maximum Gasteiger partial charge on any atom is 0.252 e. The van der Waals surface area contributed by atoms with Gasteiger partial charge in [-0.05, 0) is 23.6 Å². The summed E-state index contributed by atoms with van der Waals surface area (Å²) in [5.41, 5.74) is 1.52. The lowest BCUT2D eigenvalue weighted by molar-refractivity contribution is 0.0924. The predicted molar refractivity (Wildman–Crippen MR) is 97.6 cm³/mol. The first-order valence-electron chi connectivity index (χ1n) is 8.17. The van der Waals surface area contributed by atoms with Crippen LogP contribution in [-0.2, 0) is 0 Å². The lowest BCUT2D eigenvalue weighted by atomic mass is 9.95. The number of hydrogen-bond donors (Lipinski definition) is 1. The van der Waals surface area contributed by atoms with Gasteiger partial charge in [0.15, 0.2) is 11.5 Å². The van der Waals surface area contributed by atoms with E-state index in [1.165, 1.54) is 21.3 Å². The van der Waals surface area contributed by atoms with Crippen LogP contribution in [0, 0.1) is 5.92 Å². The number of amides is 1. The van der Waals surface area contributed by atoms with Crippen LogP contribution >= 0.6 is 0 Å². The van der Waals surface area contributed by atoms with Crippen LogP contribution in [0.4, 0.5) is 0 Å². The van der Waals surface area contributed by atoms with E-state index in [4.69, 9.17) is 14.2 Å². The lowest BCUT2D eigenvalue weighted by Gasteiger charge is -2.23. The monoisotopic (exact) mass is 343 g/mol. The molecule has 134 valence electrons. The van der Waals surface area contributed by atoms with E-state index in [2.05, 4.69) is 19.2 Å². The van der Waals surface area contributed by atoms with Crippen molar-refractivity contribution in [2.75, 3.05) is 21.3 Å². The average Bonchev–Trinajstić information content (AvgIpc) is 2.64. The number of rotatable bonds is 7. The minimum Gasteiger partial charge on any atom is -0.493 e. The summed E-state index contributed by atoms with van der Waals surface area (Å²) in [6.45, 7) is 4.15.